The number of carbonyl (C=O) groups excluding carboxylic acids is 1. The van der Waals surface area contributed by atoms with Crippen LogP contribution in [0.1, 0.15) is 12.8 Å². The molecule has 1 aliphatic rings. The van der Waals surface area contributed by atoms with Gasteiger partial charge in [0.05, 0.1) is 6.42 Å². The van der Waals surface area contributed by atoms with Crippen molar-refractivity contribution in [1.82, 2.24) is 0 Å². The molecule has 1 heterocycles. The van der Waals surface area contributed by atoms with E-state index in [0.717, 1.165) is 0 Å². The smallest absolute Gasteiger partial charge is 0.390 e. The first-order valence-corrected chi connectivity index (χ1v) is 3.94. The number of cyclic esters (lactones) is 1. The number of hydrogen-bond acceptors (Lipinski definition) is 5. The van der Waals surface area contributed by atoms with Crippen molar-refractivity contribution in [3.63, 3.8) is 0 Å². The van der Waals surface area contributed by atoms with Crippen molar-refractivity contribution in [2.75, 3.05) is 0 Å². The van der Waals surface area contributed by atoms with Gasteiger partial charge in [0, 0.05) is 26.8 Å². The number of carboxylic acid groups (broad SMARTS) is 2. The van der Waals surface area contributed by atoms with Gasteiger partial charge in [-0.3, -0.25) is 4.79 Å². The van der Waals surface area contributed by atoms with Gasteiger partial charge in [0.25, 0.3) is 0 Å². The second-order valence-electron chi connectivity index (χ2n) is 2.87. The molecule has 0 aliphatic carbocycles. The van der Waals surface area contributed by atoms with Crippen LogP contribution >= 0.6 is 0 Å². The van der Waals surface area contributed by atoms with Gasteiger partial charge in [0.1, 0.15) is 0 Å². The summed E-state index contributed by atoms with van der Waals surface area (Å²) in [5.41, 5.74) is 0. The fraction of sp³-hybridized carbons (Fsp3) is 0.375. The molecule has 1 atom stereocenters. The maximum atomic E-state index is 10.9. The average molecular weight is 402 g/mol. The standard InChI is InChI=1S/C8H8O7.Re/c1-4-6(11)15-8(14-4,7(12)13)3-2-5(9)10;/h1-3H2,(H,9,10)(H,12,13);. The normalized spacial score (nSPS) is 23.0. The van der Waals surface area contributed by atoms with Gasteiger partial charge in [-0.1, -0.05) is 0 Å². The van der Waals surface area contributed by atoms with Crippen molar-refractivity contribution in [2.45, 2.75) is 18.6 Å². The maximum absolute atomic E-state index is 10.9. The van der Waals surface area contributed by atoms with Gasteiger partial charge in [-0.15, -0.1) is 0 Å². The Hall–Kier alpha value is -1.39. The van der Waals surface area contributed by atoms with Gasteiger partial charge in [-0.25, -0.2) is 9.59 Å². The first-order valence-electron chi connectivity index (χ1n) is 3.94. The maximum Gasteiger partial charge on any atom is 0.390 e. The molecular formula is C8H8O7Re. The van der Waals surface area contributed by atoms with E-state index in [0.29, 0.717) is 0 Å². The van der Waals surface area contributed by atoms with E-state index in [2.05, 4.69) is 16.1 Å². The summed E-state index contributed by atoms with van der Waals surface area (Å²) in [6.45, 7) is 3.13. The molecule has 0 spiro atoms. The number of esters is 1. The van der Waals surface area contributed by atoms with Gasteiger partial charge in [-0.05, 0) is 6.58 Å². The third kappa shape index (κ3) is 2.81. The Kier molecular flexibility index (Phi) is 4.65. The predicted octanol–water partition coefficient (Wildman–Crippen LogP) is -0.283. The molecule has 1 radical (unpaired) electrons. The van der Waals surface area contributed by atoms with Crippen LogP contribution in [0.4, 0.5) is 0 Å². The first kappa shape index (κ1) is 14.6. The van der Waals surface area contributed by atoms with Crippen molar-refractivity contribution >= 4 is 17.9 Å². The Labute approximate surface area is 104 Å². The van der Waals surface area contributed by atoms with E-state index < -0.39 is 42.3 Å². The second kappa shape index (κ2) is 5.10. The quantitative estimate of drug-likeness (QED) is 0.492. The molecule has 0 amide bonds. The van der Waals surface area contributed by atoms with Crippen molar-refractivity contribution in [2.24, 2.45) is 0 Å². The van der Waals surface area contributed by atoms with Crippen molar-refractivity contribution < 1.29 is 54.5 Å². The molecule has 89 valence electrons. The Morgan fingerprint density at radius 1 is 1.31 bits per heavy atom. The van der Waals surface area contributed by atoms with Gasteiger partial charge in [0.15, 0.2) is 0 Å². The monoisotopic (exact) mass is 403 g/mol. The number of rotatable bonds is 4. The molecule has 0 aromatic rings. The Morgan fingerprint density at radius 2 is 1.88 bits per heavy atom. The summed E-state index contributed by atoms with van der Waals surface area (Å²) in [6, 6.07) is 0. The fourth-order valence-corrected chi connectivity index (χ4v) is 1.04. The van der Waals surface area contributed by atoms with Crippen molar-refractivity contribution in [3.8, 4) is 0 Å². The Balaban J connectivity index is 0.00000225. The van der Waals surface area contributed by atoms with E-state index >= 15 is 0 Å². The minimum Gasteiger partial charge on any atom is -0.481 e. The number of ether oxygens (including phenoxy) is 2. The number of aliphatic carboxylic acids is 2. The van der Waals surface area contributed by atoms with Crippen LogP contribution in [-0.2, 0) is 44.3 Å². The summed E-state index contributed by atoms with van der Waals surface area (Å²) in [5, 5.41) is 17.2. The summed E-state index contributed by atoms with van der Waals surface area (Å²) < 4.78 is 9.09. The molecule has 7 nitrogen and oxygen atoms in total. The molecule has 1 unspecified atom stereocenters. The molecule has 0 saturated carbocycles. The second-order valence-corrected chi connectivity index (χ2v) is 2.87. The Bertz CT molecular complexity index is 332. The molecule has 16 heavy (non-hydrogen) atoms. The van der Waals surface area contributed by atoms with E-state index in [-0.39, 0.29) is 20.4 Å². The van der Waals surface area contributed by atoms with Crippen LogP contribution in [0.5, 0.6) is 0 Å². The van der Waals surface area contributed by atoms with Crippen LogP contribution < -0.4 is 0 Å². The van der Waals surface area contributed by atoms with E-state index in [4.69, 9.17) is 10.2 Å². The summed E-state index contributed by atoms with van der Waals surface area (Å²) in [7, 11) is 0. The van der Waals surface area contributed by atoms with Gasteiger partial charge >= 0.3 is 23.7 Å². The summed E-state index contributed by atoms with van der Waals surface area (Å²) >= 11 is 0. The molecule has 0 aromatic carbocycles. The van der Waals surface area contributed by atoms with Crippen LogP contribution in [-0.4, -0.2) is 33.9 Å². The number of hydrogen-bond donors (Lipinski definition) is 2. The van der Waals surface area contributed by atoms with E-state index in [1.165, 1.54) is 0 Å². The molecule has 1 saturated heterocycles. The molecule has 8 heteroatoms. The third-order valence-corrected chi connectivity index (χ3v) is 1.77. The molecule has 2 N–H and O–H groups in total. The van der Waals surface area contributed by atoms with Gasteiger partial charge in [0.2, 0.25) is 5.76 Å². The summed E-state index contributed by atoms with van der Waals surface area (Å²) in [6.07, 6.45) is -0.963. The largest absolute Gasteiger partial charge is 0.481 e. The van der Waals surface area contributed by atoms with Crippen LogP contribution in [0.2, 0.25) is 0 Å². The van der Waals surface area contributed by atoms with Crippen molar-refractivity contribution in [3.05, 3.63) is 12.3 Å². The zero-order valence-corrected chi connectivity index (χ0v) is 10.7. The molecule has 0 bridgehead atoms. The minimum atomic E-state index is -2.24. The average Bonchev–Trinajstić information content (AvgIpc) is 2.41. The molecular weight excluding hydrogens is 394 g/mol. The summed E-state index contributed by atoms with van der Waals surface area (Å²) in [4.78, 5) is 31.9. The SMILES string of the molecule is C=C1OC(CCC(=O)O)(C(=O)O)OC1=O.[Re]. The predicted molar refractivity (Wildman–Crippen MR) is 43.6 cm³/mol. The third-order valence-electron chi connectivity index (χ3n) is 1.77. The number of carbonyl (C=O) groups is 3. The van der Waals surface area contributed by atoms with E-state index in [1.54, 1.807) is 0 Å². The molecule has 1 rings (SSSR count). The van der Waals surface area contributed by atoms with Gasteiger partial charge < -0.3 is 19.7 Å². The van der Waals surface area contributed by atoms with Crippen LogP contribution in [0.25, 0.3) is 0 Å². The number of carboxylic acids is 2. The molecule has 1 fully saturated rings. The van der Waals surface area contributed by atoms with Crippen LogP contribution in [0.3, 0.4) is 0 Å². The first-order chi connectivity index (χ1) is 6.87. The van der Waals surface area contributed by atoms with Crippen molar-refractivity contribution in [1.29, 1.82) is 0 Å². The van der Waals surface area contributed by atoms with Crippen LogP contribution in [0, 0.1) is 0 Å². The topological polar surface area (TPSA) is 110 Å². The fourth-order valence-electron chi connectivity index (χ4n) is 1.04. The summed E-state index contributed by atoms with van der Waals surface area (Å²) in [5.74, 6) is -6.46. The van der Waals surface area contributed by atoms with E-state index in [1.807, 2.05) is 0 Å². The zero-order valence-electron chi connectivity index (χ0n) is 7.93. The molecule has 0 aromatic heterocycles. The zero-order chi connectivity index (χ0) is 11.6. The molecule has 1 aliphatic heterocycles. The minimum absolute atomic E-state index is 0. The van der Waals surface area contributed by atoms with Gasteiger partial charge in [-0.2, -0.15) is 0 Å². The van der Waals surface area contributed by atoms with Crippen LogP contribution in [0.15, 0.2) is 12.3 Å². The Morgan fingerprint density at radius 3 is 2.19 bits per heavy atom. The van der Waals surface area contributed by atoms with E-state index in [9.17, 15) is 14.4 Å².